The summed E-state index contributed by atoms with van der Waals surface area (Å²) in [4.78, 5) is 14.3. The maximum absolute atomic E-state index is 10.4. The fraction of sp³-hybridized carbons (Fsp3) is 0.167. The summed E-state index contributed by atoms with van der Waals surface area (Å²) >= 11 is 1.27. The van der Waals surface area contributed by atoms with Crippen molar-refractivity contribution in [2.45, 2.75) is 6.54 Å². The molecule has 0 radical (unpaired) electrons. The van der Waals surface area contributed by atoms with Crippen LogP contribution < -0.4 is 0 Å². The lowest BCUT2D eigenvalue weighted by Crippen LogP contribution is -2.07. The van der Waals surface area contributed by atoms with E-state index in [1.54, 1.807) is 5.38 Å². The summed E-state index contributed by atoms with van der Waals surface area (Å²) in [7, 11) is 0. The molecule has 0 fully saturated rings. The topological polar surface area (TPSA) is 68.0 Å². The average Bonchev–Trinajstić information content (AvgIpc) is 2.52. The molecule has 0 aliphatic rings. The van der Waals surface area contributed by atoms with Crippen LogP contribution in [0.1, 0.15) is 0 Å². The van der Waals surface area contributed by atoms with E-state index in [0.717, 1.165) is 5.52 Å². The predicted octanol–water partition coefficient (Wildman–Crippen LogP) is 0.999. The summed E-state index contributed by atoms with van der Waals surface area (Å²) in [6, 6.07) is 0. The van der Waals surface area contributed by atoms with Crippen LogP contribution in [-0.2, 0) is 11.3 Å². The van der Waals surface area contributed by atoms with Gasteiger partial charge in [-0.25, -0.2) is 4.98 Å². The third kappa shape index (κ3) is 1.78. The van der Waals surface area contributed by atoms with Gasteiger partial charge in [0.1, 0.15) is 12.1 Å². The highest BCUT2D eigenvalue weighted by Crippen LogP contribution is 2.12. The van der Waals surface area contributed by atoms with Gasteiger partial charge < -0.3 is 9.67 Å². The second kappa shape index (κ2) is 3.71. The minimum Gasteiger partial charge on any atom is -0.480 e. The van der Waals surface area contributed by atoms with E-state index in [1.807, 2.05) is 0 Å². The molecule has 2 aromatic rings. The lowest BCUT2D eigenvalue weighted by Gasteiger charge is -1.94. The van der Waals surface area contributed by atoms with Crippen LogP contribution in [-0.4, -0.2) is 25.0 Å². The molecule has 70 valence electrons. The molecule has 2 heterocycles. The van der Waals surface area contributed by atoms with Crippen molar-refractivity contribution in [1.29, 1.82) is 0 Å². The van der Waals surface area contributed by atoms with Gasteiger partial charge in [0.25, 0.3) is 0 Å². The summed E-state index contributed by atoms with van der Waals surface area (Å²) in [5.74, 6) is -0.887. The van der Waals surface area contributed by atoms with Crippen molar-refractivity contribution in [3.05, 3.63) is 11.7 Å². The van der Waals surface area contributed by atoms with E-state index in [9.17, 15) is 4.79 Å². The number of rotatable bonds is 2. The SMILES string of the molecule is Cl.O=C(O)Cn1cnc2csnc21. The smallest absolute Gasteiger partial charge is 0.323 e. The fourth-order valence-electron chi connectivity index (χ4n) is 0.961. The zero-order valence-corrected chi connectivity index (χ0v) is 8.01. The zero-order chi connectivity index (χ0) is 8.55. The van der Waals surface area contributed by atoms with E-state index in [-0.39, 0.29) is 19.0 Å². The Morgan fingerprint density at radius 3 is 3.15 bits per heavy atom. The van der Waals surface area contributed by atoms with Gasteiger partial charge in [-0.1, -0.05) is 0 Å². The van der Waals surface area contributed by atoms with Crippen LogP contribution in [0, 0.1) is 0 Å². The summed E-state index contributed by atoms with van der Waals surface area (Å²) in [5, 5.41) is 10.3. The number of halogens is 1. The summed E-state index contributed by atoms with van der Waals surface area (Å²) in [6.07, 6.45) is 1.48. The number of hydrogen-bond acceptors (Lipinski definition) is 4. The van der Waals surface area contributed by atoms with Crippen molar-refractivity contribution >= 4 is 41.1 Å². The second-order valence-electron chi connectivity index (χ2n) is 2.29. The van der Waals surface area contributed by atoms with Crippen LogP contribution in [0.5, 0.6) is 0 Å². The summed E-state index contributed by atoms with van der Waals surface area (Å²) < 4.78 is 5.52. The summed E-state index contributed by atoms with van der Waals surface area (Å²) in [5.41, 5.74) is 1.39. The van der Waals surface area contributed by atoms with Gasteiger partial charge in [-0.15, -0.1) is 12.4 Å². The zero-order valence-electron chi connectivity index (χ0n) is 6.38. The van der Waals surface area contributed by atoms with Gasteiger partial charge in [0.15, 0.2) is 5.65 Å². The molecular formula is C6H6ClN3O2S. The number of carboxylic acids is 1. The first-order valence-corrected chi connectivity index (χ1v) is 4.08. The summed E-state index contributed by atoms with van der Waals surface area (Å²) in [6.45, 7) is -0.0831. The van der Waals surface area contributed by atoms with Gasteiger partial charge in [-0.3, -0.25) is 4.79 Å². The van der Waals surface area contributed by atoms with Gasteiger partial charge in [0.05, 0.1) is 6.33 Å². The van der Waals surface area contributed by atoms with Crippen molar-refractivity contribution < 1.29 is 9.90 Å². The molecule has 0 bridgehead atoms. The molecule has 7 heteroatoms. The number of aliphatic carboxylic acids is 1. The molecule has 0 saturated heterocycles. The molecule has 0 spiro atoms. The molecule has 0 aromatic carbocycles. The molecule has 13 heavy (non-hydrogen) atoms. The Morgan fingerprint density at radius 2 is 2.46 bits per heavy atom. The van der Waals surface area contributed by atoms with Crippen molar-refractivity contribution in [1.82, 2.24) is 13.9 Å². The third-order valence-corrected chi connectivity index (χ3v) is 2.05. The minimum absolute atomic E-state index is 0. The highest BCUT2D eigenvalue weighted by atomic mass is 35.5. The van der Waals surface area contributed by atoms with E-state index in [2.05, 4.69) is 9.36 Å². The highest BCUT2D eigenvalue weighted by Gasteiger charge is 2.06. The molecule has 0 saturated carbocycles. The molecule has 0 unspecified atom stereocenters. The van der Waals surface area contributed by atoms with Crippen LogP contribution in [0.3, 0.4) is 0 Å². The Labute approximate surface area is 83.6 Å². The quantitative estimate of drug-likeness (QED) is 0.818. The molecule has 1 N–H and O–H groups in total. The monoisotopic (exact) mass is 219 g/mol. The number of fused-ring (bicyclic) bond motifs is 1. The van der Waals surface area contributed by atoms with Gasteiger partial charge in [-0.05, 0) is 11.5 Å². The average molecular weight is 220 g/mol. The maximum Gasteiger partial charge on any atom is 0.323 e. The number of aromatic nitrogens is 3. The van der Waals surface area contributed by atoms with Crippen LogP contribution in [0.2, 0.25) is 0 Å². The Morgan fingerprint density at radius 1 is 1.69 bits per heavy atom. The lowest BCUT2D eigenvalue weighted by atomic mass is 10.6. The van der Waals surface area contributed by atoms with Crippen molar-refractivity contribution in [2.24, 2.45) is 0 Å². The number of imidazole rings is 1. The Hall–Kier alpha value is -1.14. The molecule has 0 amide bonds. The number of hydrogen-bond donors (Lipinski definition) is 1. The fourth-order valence-corrected chi connectivity index (χ4v) is 1.58. The maximum atomic E-state index is 10.4. The van der Waals surface area contributed by atoms with Crippen molar-refractivity contribution in [3.63, 3.8) is 0 Å². The largest absolute Gasteiger partial charge is 0.480 e. The van der Waals surface area contributed by atoms with Crippen molar-refractivity contribution in [2.75, 3.05) is 0 Å². The Kier molecular flexibility index (Phi) is 2.84. The first-order valence-electron chi connectivity index (χ1n) is 3.24. The standard InChI is InChI=1S/C6H5N3O2S.ClH/c10-5(11)1-9-3-7-4-2-12-8-6(4)9;/h2-3H,1H2,(H,10,11);1H. The van der Waals surface area contributed by atoms with Crippen LogP contribution in [0.25, 0.3) is 11.2 Å². The van der Waals surface area contributed by atoms with E-state index < -0.39 is 5.97 Å². The van der Waals surface area contributed by atoms with E-state index in [4.69, 9.17) is 5.11 Å². The first-order chi connectivity index (χ1) is 5.77. The first kappa shape index (κ1) is 9.94. The molecule has 0 aliphatic heterocycles. The molecule has 0 atom stereocenters. The predicted molar refractivity (Wildman–Crippen MR) is 50.3 cm³/mol. The molecule has 0 aliphatic carbocycles. The normalized spacial score (nSPS) is 9.85. The molecule has 5 nitrogen and oxygen atoms in total. The second-order valence-corrected chi connectivity index (χ2v) is 2.92. The van der Waals surface area contributed by atoms with Crippen molar-refractivity contribution in [3.8, 4) is 0 Å². The Bertz CT molecular complexity index is 424. The molecular weight excluding hydrogens is 214 g/mol. The van der Waals surface area contributed by atoms with E-state index in [0.29, 0.717) is 5.65 Å². The third-order valence-electron chi connectivity index (χ3n) is 1.45. The molecule has 2 rings (SSSR count). The molecule has 2 aromatic heterocycles. The van der Waals surface area contributed by atoms with Crippen LogP contribution in [0.4, 0.5) is 0 Å². The van der Waals surface area contributed by atoms with Crippen LogP contribution in [0.15, 0.2) is 11.7 Å². The number of carbonyl (C=O) groups is 1. The van der Waals surface area contributed by atoms with Gasteiger partial charge in [-0.2, -0.15) is 4.37 Å². The lowest BCUT2D eigenvalue weighted by molar-refractivity contribution is -0.137. The van der Waals surface area contributed by atoms with Crippen LogP contribution >= 0.6 is 23.9 Å². The van der Waals surface area contributed by atoms with Gasteiger partial charge >= 0.3 is 5.97 Å². The highest BCUT2D eigenvalue weighted by molar-refractivity contribution is 7.04. The minimum atomic E-state index is -0.887. The number of carboxylic acid groups (broad SMARTS) is 1. The number of nitrogens with zero attached hydrogens (tertiary/aromatic N) is 3. The van der Waals surface area contributed by atoms with Gasteiger partial charge in [0, 0.05) is 5.38 Å². The van der Waals surface area contributed by atoms with E-state index >= 15 is 0 Å². The Balaban J connectivity index is 0.000000845. The van der Waals surface area contributed by atoms with E-state index in [1.165, 1.54) is 22.4 Å². The van der Waals surface area contributed by atoms with Gasteiger partial charge in [0.2, 0.25) is 0 Å².